The number of benzene rings is 1. The van der Waals surface area contributed by atoms with Gasteiger partial charge in [-0.15, -0.1) is 0 Å². The summed E-state index contributed by atoms with van der Waals surface area (Å²) < 4.78 is 0. The molecule has 8 heteroatoms. The van der Waals surface area contributed by atoms with Crippen molar-refractivity contribution in [3.63, 3.8) is 0 Å². The Kier molecular flexibility index (Phi) is 5.32. The summed E-state index contributed by atoms with van der Waals surface area (Å²) in [6.07, 6.45) is 1.98. The van der Waals surface area contributed by atoms with Crippen molar-refractivity contribution in [3.8, 4) is 0 Å². The zero-order valence-electron chi connectivity index (χ0n) is 12.3. The monoisotopic (exact) mass is 318 g/mol. The van der Waals surface area contributed by atoms with Gasteiger partial charge in [-0.1, -0.05) is 18.2 Å². The first-order valence-corrected chi connectivity index (χ1v) is 7.05. The highest BCUT2D eigenvalue weighted by Gasteiger charge is 2.22. The Morgan fingerprint density at radius 2 is 2.00 bits per heavy atom. The summed E-state index contributed by atoms with van der Waals surface area (Å²) in [5.74, 6) is -2.21. The molecule has 0 spiro atoms. The fourth-order valence-electron chi connectivity index (χ4n) is 2.27. The number of aromatic amines is 1. The normalized spacial score (nSPS) is 11.9. The molecule has 1 aromatic carbocycles. The number of hydrogen-bond donors (Lipinski definition) is 5. The van der Waals surface area contributed by atoms with E-state index in [4.69, 9.17) is 10.8 Å². The van der Waals surface area contributed by atoms with Crippen LogP contribution in [0.3, 0.4) is 0 Å². The summed E-state index contributed by atoms with van der Waals surface area (Å²) in [6.45, 7) is -0.766. The summed E-state index contributed by atoms with van der Waals surface area (Å²) >= 11 is 0. The maximum Gasteiger partial charge on any atom is 0.322 e. The molecule has 0 unspecified atom stereocenters. The van der Waals surface area contributed by atoms with E-state index in [1.165, 1.54) is 0 Å². The number of carbonyl (C=O) groups is 3. The van der Waals surface area contributed by atoms with Gasteiger partial charge in [0.05, 0.1) is 6.54 Å². The summed E-state index contributed by atoms with van der Waals surface area (Å²) in [5, 5.41) is 14.4. The van der Waals surface area contributed by atoms with Gasteiger partial charge >= 0.3 is 5.97 Å². The van der Waals surface area contributed by atoms with Crippen molar-refractivity contribution in [2.45, 2.75) is 12.5 Å². The van der Waals surface area contributed by atoms with Crippen LogP contribution in [0.2, 0.25) is 0 Å². The molecule has 122 valence electrons. The molecule has 0 aliphatic heterocycles. The standard InChI is InChI=1S/C15H18N4O4/c16-6-13(20)19-12(15(23)18-8-14(21)22)5-9-7-17-11-4-2-1-3-10(9)11/h1-4,7,12,17H,5-6,8,16H2,(H,18,23)(H,19,20)(H,21,22)/t12-/m0/s1. The van der Waals surface area contributed by atoms with E-state index in [1.54, 1.807) is 6.20 Å². The van der Waals surface area contributed by atoms with Crippen molar-refractivity contribution in [1.82, 2.24) is 15.6 Å². The van der Waals surface area contributed by atoms with Gasteiger partial charge in [-0.2, -0.15) is 0 Å². The van der Waals surface area contributed by atoms with Crippen LogP contribution in [0.15, 0.2) is 30.5 Å². The van der Waals surface area contributed by atoms with Crippen LogP contribution < -0.4 is 16.4 Å². The second-order valence-corrected chi connectivity index (χ2v) is 5.00. The Morgan fingerprint density at radius 3 is 2.70 bits per heavy atom. The number of carbonyl (C=O) groups excluding carboxylic acids is 2. The number of fused-ring (bicyclic) bond motifs is 1. The SMILES string of the molecule is NCC(=O)N[C@@H](Cc1c[nH]c2ccccc12)C(=O)NCC(=O)O. The minimum Gasteiger partial charge on any atom is -0.480 e. The topological polar surface area (TPSA) is 137 Å². The van der Waals surface area contributed by atoms with E-state index in [2.05, 4.69) is 15.6 Å². The van der Waals surface area contributed by atoms with Gasteiger partial charge in [-0.05, 0) is 11.6 Å². The second kappa shape index (κ2) is 7.41. The minimum absolute atomic E-state index is 0.223. The molecule has 1 aromatic heterocycles. The molecule has 0 aliphatic carbocycles. The number of rotatable bonds is 7. The second-order valence-electron chi connectivity index (χ2n) is 5.00. The Bertz CT molecular complexity index is 725. The van der Waals surface area contributed by atoms with E-state index < -0.39 is 30.4 Å². The summed E-state index contributed by atoms with van der Waals surface area (Å²) in [7, 11) is 0. The van der Waals surface area contributed by atoms with Gasteiger partial charge in [-0.3, -0.25) is 14.4 Å². The summed E-state index contributed by atoms with van der Waals surface area (Å²) in [6, 6.07) is 6.66. The zero-order chi connectivity index (χ0) is 16.8. The number of hydrogen-bond acceptors (Lipinski definition) is 4. The van der Waals surface area contributed by atoms with Crippen LogP contribution in [-0.4, -0.2) is 47.0 Å². The number of carboxylic acid groups (broad SMARTS) is 1. The number of carboxylic acids is 1. The van der Waals surface area contributed by atoms with Crippen LogP contribution in [-0.2, 0) is 20.8 Å². The Hall–Kier alpha value is -2.87. The molecule has 1 atom stereocenters. The van der Waals surface area contributed by atoms with Gasteiger partial charge in [0.1, 0.15) is 12.6 Å². The van der Waals surface area contributed by atoms with Gasteiger partial charge < -0.3 is 26.5 Å². The maximum absolute atomic E-state index is 12.1. The van der Waals surface area contributed by atoms with Crippen molar-refractivity contribution in [2.75, 3.05) is 13.1 Å². The maximum atomic E-state index is 12.1. The van der Waals surface area contributed by atoms with E-state index in [0.717, 1.165) is 16.5 Å². The van der Waals surface area contributed by atoms with Crippen LogP contribution in [0.25, 0.3) is 10.9 Å². The molecule has 0 bridgehead atoms. The molecule has 1 heterocycles. The highest BCUT2D eigenvalue weighted by atomic mass is 16.4. The van der Waals surface area contributed by atoms with Gasteiger partial charge in [0.25, 0.3) is 0 Å². The number of amides is 2. The largest absolute Gasteiger partial charge is 0.480 e. The smallest absolute Gasteiger partial charge is 0.322 e. The first-order valence-electron chi connectivity index (χ1n) is 7.05. The van der Waals surface area contributed by atoms with Crippen molar-refractivity contribution < 1.29 is 19.5 Å². The lowest BCUT2D eigenvalue weighted by atomic mass is 10.0. The third kappa shape index (κ3) is 4.30. The molecule has 6 N–H and O–H groups in total. The molecule has 0 aliphatic rings. The fourth-order valence-corrected chi connectivity index (χ4v) is 2.27. The molecule has 2 aromatic rings. The number of nitrogens with two attached hydrogens (primary N) is 1. The highest BCUT2D eigenvalue weighted by molar-refractivity contribution is 5.91. The zero-order valence-corrected chi connectivity index (χ0v) is 12.3. The van der Waals surface area contributed by atoms with E-state index in [-0.39, 0.29) is 13.0 Å². The third-order valence-electron chi connectivity index (χ3n) is 3.35. The molecule has 0 fully saturated rings. The Labute approximate surface area is 132 Å². The van der Waals surface area contributed by atoms with E-state index in [1.807, 2.05) is 24.3 Å². The van der Waals surface area contributed by atoms with Crippen molar-refractivity contribution in [1.29, 1.82) is 0 Å². The van der Waals surface area contributed by atoms with Gasteiger partial charge in [0, 0.05) is 23.5 Å². The van der Waals surface area contributed by atoms with Crippen molar-refractivity contribution in [3.05, 3.63) is 36.0 Å². The molecular formula is C15H18N4O4. The Morgan fingerprint density at radius 1 is 1.26 bits per heavy atom. The fraction of sp³-hybridized carbons (Fsp3) is 0.267. The van der Waals surface area contributed by atoms with Crippen LogP contribution in [0.4, 0.5) is 0 Å². The average molecular weight is 318 g/mol. The van der Waals surface area contributed by atoms with E-state index >= 15 is 0 Å². The third-order valence-corrected chi connectivity index (χ3v) is 3.35. The summed E-state index contributed by atoms with van der Waals surface area (Å²) in [5.41, 5.74) is 7.02. The quantitative estimate of drug-likeness (QED) is 0.462. The van der Waals surface area contributed by atoms with Crippen LogP contribution in [0.5, 0.6) is 0 Å². The number of aliphatic carboxylic acids is 1. The minimum atomic E-state index is -1.16. The lowest BCUT2D eigenvalue weighted by molar-refractivity contribution is -0.138. The molecule has 8 nitrogen and oxygen atoms in total. The average Bonchev–Trinajstić information content (AvgIpc) is 2.95. The molecule has 0 radical (unpaired) electrons. The van der Waals surface area contributed by atoms with Crippen molar-refractivity contribution >= 4 is 28.7 Å². The van der Waals surface area contributed by atoms with Crippen LogP contribution in [0, 0.1) is 0 Å². The highest BCUT2D eigenvalue weighted by Crippen LogP contribution is 2.19. The lowest BCUT2D eigenvalue weighted by Gasteiger charge is -2.17. The van der Waals surface area contributed by atoms with Gasteiger partial charge in [0.15, 0.2) is 0 Å². The molecule has 0 saturated carbocycles. The van der Waals surface area contributed by atoms with E-state index in [9.17, 15) is 14.4 Å². The van der Waals surface area contributed by atoms with Crippen molar-refractivity contribution in [2.24, 2.45) is 5.73 Å². The molecule has 2 amide bonds. The molecule has 23 heavy (non-hydrogen) atoms. The number of H-pyrrole nitrogens is 1. The lowest BCUT2D eigenvalue weighted by Crippen LogP contribution is -2.50. The van der Waals surface area contributed by atoms with Crippen LogP contribution >= 0.6 is 0 Å². The molecule has 2 rings (SSSR count). The first-order chi connectivity index (χ1) is 11.0. The van der Waals surface area contributed by atoms with E-state index in [0.29, 0.717) is 0 Å². The number of para-hydroxylation sites is 1. The number of nitrogens with one attached hydrogen (secondary N) is 3. The number of aromatic nitrogens is 1. The first kappa shape index (κ1) is 16.5. The predicted molar refractivity (Wildman–Crippen MR) is 83.6 cm³/mol. The molecular weight excluding hydrogens is 300 g/mol. The summed E-state index contributed by atoms with van der Waals surface area (Å²) in [4.78, 5) is 37.3. The Balaban J connectivity index is 2.17. The predicted octanol–water partition coefficient (Wildman–Crippen LogP) is -0.645. The van der Waals surface area contributed by atoms with Gasteiger partial charge in [0.2, 0.25) is 11.8 Å². The van der Waals surface area contributed by atoms with Gasteiger partial charge in [-0.25, -0.2) is 0 Å². The molecule has 0 saturated heterocycles. The van der Waals surface area contributed by atoms with Crippen LogP contribution in [0.1, 0.15) is 5.56 Å².